The maximum atomic E-state index is 3.44. The van der Waals surface area contributed by atoms with Gasteiger partial charge < -0.3 is 0 Å². The van der Waals surface area contributed by atoms with E-state index in [1.807, 2.05) is 0 Å². The van der Waals surface area contributed by atoms with Gasteiger partial charge in [0.25, 0.3) is 11.5 Å². The standard InChI is InChI=1S/C9H24N3S/c1-4-7-10-13(11-8-5-2)12-9-6-3/h10-12H,4-9H2,1-3H3/q+1. The zero-order valence-corrected chi connectivity index (χ0v) is 9.97. The SMILES string of the molecule is CCCN[S+](NCCC)NCCC. The minimum atomic E-state index is 0.0259. The van der Waals surface area contributed by atoms with E-state index in [2.05, 4.69) is 34.9 Å². The molecular weight excluding hydrogens is 182 g/mol. The Morgan fingerprint density at radius 3 is 1.23 bits per heavy atom. The minimum Gasteiger partial charge on any atom is -0.101 e. The number of hydrogen-bond acceptors (Lipinski definition) is 3. The van der Waals surface area contributed by atoms with E-state index in [4.69, 9.17) is 0 Å². The van der Waals surface area contributed by atoms with Crippen LogP contribution in [0.25, 0.3) is 0 Å². The predicted octanol–water partition coefficient (Wildman–Crippen LogP) is 1.35. The molecule has 0 amide bonds. The summed E-state index contributed by atoms with van der Waals surface area (Å²) in [6.07, 6.45) is 3.56. The first-order chi connectivity index (χ1) is 6.35. The molecule has 0 fully saturated rings. The predicted molar refractivity (Wildman–Crippen MR) is 62.2 cm³/mol. The zero-order valence-electron chi connectivity index (χ0n) is 9.15. The molecule has 0 radical (unpaired) electrons. The molecule has 0 saturated carbocycles. The van der Waals surface area contributed by atoms with Crippen molar-refractivity contribution in [1.29, 1.82) is 0 Å². The Kier molecular flexibility index (Phi) is 10.5. The molecule has 0 heterocycles. The molecule has 0 unspecified atom stereocenters. The van der Waals surface area contributed by atoms with Crippen LogP contribution < -0.4 is 14.2 Å². The topological polar surface area (TPSA) is 36.1 Å². The average Bonchev–Trinajstić information content (AvgIpc) is 2.17. The van der Waals surface area contributed by atoms with Crippen LogP contribution in [0, 0.1) is 0 Å². The Hall–Kier alpha value is 0.230. The molecule has 0 aromatic heterocycles. The second-order valence-corrected chi connectivity index (χ2v) is 4.47. The molecule has 0 bridgehead atoms. The monoisotopic (exact) mass is 206 g/mol. The van der Waals surface area contributed by atoms with E-state index in [0.29, 0.717) is 0 Å². The van der Waals surface area contributed by atoms with Crippen molar-refractivity contribution in [2.75, 3.05) is 19.6 Å². The van der Waals surface area contributed by atoms with Crippen LogP contribution in [0.1, 0.15) is 40.0 Å². The average molecular weight is 206 g/mol. The fourth-order valence-corrected chi connectivity index (χ4v) is 2.30. The molecule has 0 aliphatic rings. The molecule has 0 saturated heterocycles. The summed E-state index contributed by atoms with van der Waals surface area (Å²) in [4.78, 5) is 0. The fraction of sp³-hybridized carbons (Fsp3) is 1.00. The van der Waals surface area contributed by atoms with Gasteiger partial charge in [0.1, 0.15) is 0 Å². The lowest BCUT2D eigenvalue weighted by atomic mass is 10.5. The molecule has 3 nitrogen and oxygen atoms in total. The summed E-state index contributed by atoms with van der Waals surface area (Å²) in [5.41, 5.74) is 0. The normalized spacial score (nSPS) is 11.1. The van der Waals surface area contributed by atoms with Gasteiger partial charge in [-0.15, -0.1) is 14.2 Å². The lowest BCUT2D eigenvalue weighted by Gasteiger charge is -2.07. The summed E-state index contributed by atoms with van der Waals surface area (Å²) in [6.45, 7) is 9.81. The van der Waals surface area contributed by atoms with Crippen LogP contribution >= 0.6 is 0 Å². The van der Waals surface area contributed by atoms with Crippen molar-refractivity contribution < 1.29 is 0 Å². The fourth-order valence-electron chi connectivity index (χ4n) is 0.765. The van der Waals surface area contributed by atoms with Crippen molar-refractivity contribution in [2.24, 2.45) is 0 Å². The third-order valence-electron chi connectivity index (χ3n) is 1.49. The van der Waals surface area contributed by atoms with Crippen LogP contribution in [0.3, 0.4) is 0 Å². The molecule has 0 atom stereocenters. The van der Waals surface area contributed by atoms with Crippen molar-refractivity contribution in [3.63, 3.8) is 0 Å². The summed E-state index contributed by atoms with van der Waals surface area (Å²) in [6, 6.07) is 0. The molecule has 0 aliphatic carbocycles. The van der Waals surface area contributed by atoms with Crippen LogP contribution in [0.2, 0.25) is 0 Å². The maximum absolute atomic E-state index is 3.44. The van der Waals surface area contributed by atoms with Gasteiger partial charge in [-0.1, -0.05) is 20.8 Å². The summed E-state index contributed by atoms with van der Waals surface area (Å²) in [5.74, 6) is 0. The highest BCUT2D eigenvalue weighted by molar-refractivity contribution is 7.91. The van der Waals surface area contributed by atoms with E-state index < -0.39 is 0 Å². The minimum absolute atomic E-state index is 0.0259. The van der Waals surface area contributed by atoms with Gasteiger partial charge in [0.15, 0.2) is 0 Å². The number of rotatable bonds is 9. The Labute approximate surface area is 85.8 Å². The maximum Gasteiger partial charge on any atom is 0.259 e. The molecule has 0 spiro atoms. The van der Waals surface area contributed by atoms with Gasteiger partial charge in [-0.05, 0) is 19.3 Å². The largest absolute Gasteiger partial charge is 0.259 e. The van der Waals surface area contributed by atoms with Gasteiger partial charge in [0, 0.05) is 19.6 Å². The Bertz CT molecular complexity index is 81.8. The summed E-state index contributed by atoms with van der Waals surface area (Å²) < 4.78 is 10.3. The van der Waals surface area contributed by atoms with Gasteiger partial charge >= 0.3 is 0 Å². The molecule has 13 heavy (non-hydrogen) atoms. The third kappa shape index (κ3) is 8.56. The molecule has 0 rings (SSSR count). The second-order valence-electron chi connectivity index (χ2n) is 2.99. The smallest absolute Gasteiger partial charge is 0.101 e. The van der Waals surface area contributed by atoms with Crippen molar-refractivity contribution in [3.8, 4) is 0 Å². The van der Waals surface area contributed by atoms with E-state index in [-0.39, 0.29) is 11.5 Å². The van der Waals surface area contributed by atoms with Crippen LogP contribution in [-0.2, 0) is 11.5 Å². The number of nitrogens with one attached hydrogen (secondary N) is 3. The van der Waals surface area contributed by atoms with Crippen molar-refractivity contribution in [3.05, 3.63) is 0 Å². The first-order valence-electron chi connectivity index (χ1n) is 5.29. The quantitative estimate of drug-likeness (QED) is 0.498. The Balaban J connectivity index is 3.47. The van der Waals surface area contributed by atoms with Gasteiger partial charge in [-0.3, -0.25) is 0 Å². The first-order valence-corrected chi connectivity index (χ1v) is 6.52. The van der Waals surface area contributed by atoms with Crippen molar-refractivity contribution in [1.82, 2.24) is 14.2 Å². The zero-order chi connectivity index (χ0) is 9.94. The lowest BCUT2D eigenvalue weighted by molar-refractivity contribution is 0.790. The highest BCUT2D eigenvalue weighted by Crippen LogP contribution is 1.84. The van der Waals surface area contributed by atoms with Gasteiger partial charge in [-0.25, -0.2) is 0 Å². The van der Waals surface area contributed by atoms with E-state index >= 15 is 0 Å². The molecule has 80 valence electrons. The van der Waals surface area contributed by atoms with E-state index in [9.17, 15) is 0 Å². The van der Waals surface area contributed by atoms with E-state index in [1.54, 1.807) is 0 Å². The van der Waals surface area contributed by atoms with Gasteiger partial charge in [0.2, 0.25) is 0 Å². The number of hydrogen-bond donors (Lipinski definition) is 3. The van der Waals surface area contributed by atoms with Crippen LogP contribution in [0.4, 0.5) is 0 Å². The van der Waals surface area contributed by atoms with Gasteiger partial charge in [-0.2, -0.15) is 0 Å². The molecule has 4 heteroatoms. The molecular formula is C9H24N3S+. The molecule has 0 aliphatic heterocycles. The summed E-state index contributed by atoms with van der Waals surface area (Å²) in [5, 5.41) is 0. The first kappa shape index (κ1) is 13.2. The summed E-state index contributed by atoms with van der Waals surface area (Å²) >= 11 is 0.0259. The van der Waals surface area contributed by atoms with Crippen molar-refractivity contribution >= 4 is 11.5 Å². The Morgan fingerprint density at radius 2 is 1.00 bits per heavy atom. The Morgan fingerprint density at radius 1 is 0.692 bits per heavy atom. The highest BCUT2D eigenvalue weighted by Gasteiger charge is 2.15. The van der Waals surface area contributed by atoms with Crippen LogP contribution in [0.5, 0.6) is 0 Å². The van der Waals surface area contributed by atoms with Crippen LogP contribution in [-0.4, -0.2) is 19.6 Å². The molecule has 3 N–H and O–H groups in total. The van der Waals surface area contributed by atoms with E-state index in [1.165, 1.54) is 19.3 Å². The molecule has 0 aromatic carbocycles. The lowest BCUT2D eigenvalue weighted by Crippen LogP contribution is -2.47. The summed E-state index contributed by atoms with van der Waals surface area (Å²) in [7, 11) is 0. The van der Waals surface area contributed by atoms with Crippen LogP contribution in [0.15, 0.2) is 0 Å². The van der Waals surface area contributed by atoms with E-state index in [0.717, 1.165) is 19.6 Å². The van der Waals surface area contributed by atoms with Crippen molar-refractivity contribution in [2.45, 2.75) is 40.0 Å². The molecule has 0 aromatic rings. The van der Waals surface area contributed by atoms with Gasteiger partial charge in [0.05, 0.1) is 0 Å². The second kappa shape index (κ2) is 10.3. The third-order valence-corrected chi connectivity index (χ3v) is 2.97. The highest BCUT2D eigenvalue weighted by atomic mass is 32.2.